The zero-order valence-electron chi connectivity index (χ0n) is 20.0. The first kappa shape index (κ1) is 23.8. The van der Waals surface area contributed by atoms with Crippen LogP contribution in [0.5, 0.6) is 5.88 Å². The highest BCUT2D eigenvalue weighted by Gasteiger charge is 2.47. The molecule has 5 rings (SSSR count). The first-order valence-corrected chi connectivity index (χ1v) is 11.8. The van der Waals surface area contributed by atoms with E-state index in [-0.39, 0.29) is 63.7 Å². The minimum absolute atomic E-state index is 0.0291. The molecule has 1 aromatic heterocycles. The second kappa shape index (κ2) is 9.25. The Bertz CT molecular complexity index is 1270. The van der Waals surface area contributed by atoms with E-state index in [1.165, 1.54) is 25.4 Å². The van der Waals surface area contributed by atoms with Crippen LogP contribution in [0.1, 0.15) is 36.5 Å². The minimum atomic E-state index is -0.606. The molecule has 2 aliphatic heterocycles. The van der Waals surface area contributed by atoms with Crippen LogP contribution in [0.25, 0.3) is 0 Å². The highest BCUT2D eigenvalue weighted by molar-refractivity contribution is 5.69. The molecule has 2 unspecified atom stereocenters. The summed E-state index contributed by atoms with van der Waals surface area (Å²) < 4.78 is 32.4. The molecule has 3 fully saturated rings. The Morgan fingerprint density at radius 2 is 1.94 bits per heavy atom. The van der Waals surface area contributed by atoms with Crippen LogP contribution in [0.15, 0.2) is 18.5 Å². The van der Waals surface area contributed by atoms with Crippen molar-refractivity contribution in [2.75, 3.05) is 31.6 Å². The standard InChI is InChI=1S/C25H25FN6O4/c1-14-15(7-27)3-4-19(20(14)26)31-22-18(8-28)23(30-13-29-22)35-21-16-9-32(10-17(21)12-34-11-16)24(33)36-25(2)5-6-25/h3-4,13,16-17,21H,5-6,9-12H2,1-2H3,(H,29,30,31). The van der Waals surface area contributed by atoms with Gasteiger partial charge in [0, 0.05) is 30.5 Å². The second-order valence-electron chi connectivity index (χ2n) is 9.71. The van der Waals surface area contributed by atoms with Crippen LogP contribution < -0.4 is 10.1 Å². The molecule has 10 nitrogen and oxygen atoms in total. The van der Waals surface area contributed by atoms with Gasteiger partial charge in [-0.1, -0.05) is 0 Å². The lowest BCUT2D eigenvalue weighted by atomic mass is 9.84. The fourth-order valence-corrected chi connectivity index (χ4v) is 4.61. The molecule has 3 heterocycles. The van der Waals surface area contributed by atoms with E-state index >= 15 is 0 Å². The third-order valence-electron chi connectivity index (χ3n) is 6.98. The molecule has 3 aliphatic rings. The number of carbonyl (C=O) groups excluding carboxylic acids is 1. The summed E-state index contributed by atoms with van der Waals surface area (Å²) in [6.07, 6.45) is 2.34. The molecule has 0 radical (unpaired) electrons. The number of nitriles is 2. The van der Waals surface area contributed by atoms with Crippen molar-refractivity contribution in [2.24, 2.45) is 11.8 Å². The number of aromatic nitrogens is 2. The molecule has 1 amide bonds. The van der Waals surface area contributed by atoms with Crippen LogP contribution in [0, 0.1) is 47.2 Å². The van der Waals surface area contributed by atoms with Crippen LogP contribution >= 0.6 is 0 Å². The Hall–Kier alpha value is -3.96. The van der Waals surface area contributed by atoms with Gasteiger partial charge in [0.2, 0.25) is 5.88 Å². The fourth-order valence-electron chi connectivity index (χ4n) is 4.61. The molecule has 2 bridgehead atoms. The maximum absolute atomic E-state index is 14.8. The zero-order valence-corrected chi connectivity index (χ0v) is 20.0. The summed E-state index contributed by atoms with van der Waals surface area (Å²) in [6.45, 7) is 5.05. The molecule has 1 saturated carbocycles. The number of hydrogen-bond acceptors (Lipinski definition) is 9. The Morgan fingerprint density at radius 1 is 1.22 bits per heavy atom. The van der Waals surface area contributed by atoms with E-state index < -0.39 is 5.82 Å². The van der Waals surface area contributed by atoms with Gasteiger partial charge in [-0.2, -0.15) is 10.5 Å². The van der Waals surface area contributed by atoms with Crippen LogP contribution in [-0.2, 0) is 9.47 Å². The van der Waals surface area contributed by atoms with E-state index in [9.17, 15) is 14.4 Å². The molecule has 2 atom stereocenters. The summed E-state index contributed by atoms with van der Waals surface area (Å²) in [7, 11) is 0. The van der Waals surface area contributed by atoms with Crippen molar-refractivity contribution < 1.29 is 23.4 Å². The van der Waals surface area contributed by atoms with Crippen LogP contribution in [0.3, 0.4) is 0 Å². The van der Waals surface area contributed by atoms with Crippen molar-refractivity contribution in [1.29, 1.82) is 10.5 Å². The lowest BCUT2D eigenvalue weighted by Gasteiger charge is -2.46. The molecule has 2 aromatic rings. The fraction of sp³-hybridized carbons (Fsp3) is 0.480. The summed E-state index contributed by atoms with van der Waals surface area (Å²) >= 11 is 0. The number of ether oxygens (including phenoxy) is 3. The van der Waals surface area contributed by atoms with Crippen molar-refractivity contribution in [2.45, 2.75) is 38.4 Å². The second-order valence-corrected chi connectivity index (χ2v) is 9.71. The summed E-state index contributed by atoms with van der Waals surface area (Å²) in [5.74, 6) is -0.706. The maximum atomic E-state index is 14.8. The van der Waals surface area contributed by atoms with Crippen molar-refractivity contribution in [1.82, 2.24) is 14.9 Å². The number of carbonyl (C=O) groups is 1. The lowest BCUT2D eigenvalue weighted by molar-refractivity contribution is -0.111. The highest BCUT2D eigenvalue weighted by atomic mass is 19.1. The molecule has 1 aromatic carbocycles. The number of nitrogens with zero attached hydrogens (tertiary/aromatic N) is 5. The number of likely N-dealkylation sites (tertiary alicyclic amines) is 1. The van der Waals surface area contributed by atoms with E-state index in [0.29, 0.717) is 26.3 Å². The molecule has 2 saturated heterocycles. The number of anilines is 2. The smallest absolute Gasteiger partial charge is 0.410 e. The SMILES string of the molecule is Cc1c(C#N)ccc(Nc2ncnc(OC3C4COCC3CN(C(=O)OC3(C)CC3)C4)c2C#N)c1F. The lowest BCUT2D eigenvalue weighted by Crippen LogP contribution is -2.59. The number of rotatable bonds is 5. The van der Waals surface area contributed by atoms with Crippen molar-refractivity contribution in [3.8, 4) is 18.0 Å². The quantitative estimate of drug-likeness (QED) is 0.666. The Morgan fingerprint density at radius 3 is 2.58 bits per heavy atom. The number of fused-ring (bicyclic) bond motifs is 2. The Kier molecular flexibility index (Phi) is 6.10. The van der Waals surface area contributed by atoms with Gasteiger partial charge >= 0.3 is 6.09 Å². The third-order valence-corrected chi connectivity index (χ3v) is 6.98. The van der Waals surface area contributed by atoms with Gasteiger partial charge in [0.05, 0.1) is 30.5 Å². The number of nitrogens with one attached hydrogen (secondary N) is 1. The normalized spacial score (nSPS) is 23.7. The number of benzene rings is 1. The number of piperidine rings is 1. The summed E-state index contributed by atoms with van der Waals surface area (Å²) in [5.41, 5.74) is 0.172. The molecule has 1 N–H and O–H groups in total. The van der Waals surface area contributed by atoms with Gasteiger partial charge < -0.3 is 24.4 Å². The molecule has 1 aliphatic carbocycles. The molecule has 36 heavy (non-hydrogen) atoms. The van der Waals surface area contributed by atoms with Crippen molar-refractivity contribution in [3.05, 3.63) is 41.0 Å². The van der Waals surface area contributed by atoms with Gasteiger partial charge in [-0.15, -0.1) is 0 Å². The van der Waals surface area contributed by atoms with Gasteiger partial charge in [0.1, 0.15) is 24.1 Å². The van der Waals surface area contributed by atoms with Gasteiger partial charge in [0.25, 0.3) is 0 Å². The largest absolute Gasteiger partial charge is 0.472 e. The van der Waals surface area contributed by atoms with E-state index in [1.807, 2.05) is 13.0 Å². The first-order valence-electron chi connectivity index (χ1n) is 11.8. The molecular weight excluding hydrogens is 467 g/mol. The average Bonchev–Trinajstić information content (AvgIpc) is 3.58. The Balaban J connectivity index is 1.35. The van der Waals surface area contributed by atoms with Crippen molar-refractivity contribution >= 4 is 17.6 Å². The summed E-state index contributed by atoms with van der Waals surface area (Å²) in [6, 6.07) is 6.91. The number of hydrogen-bond donors (Lipinski definition) is 1. The summed E-state index contributed by atoms with van der Waals surface area (Å²) in [5, 5.41) is 21.8. The van der Waals surface area contributed by atoms with Gasteiger partial charge in [0.15, 0.2) is 17.2 Å². The molecule has 186 valence electrons. The molecule has 11 heteroatoms. The topological polar surface area (TPSA) is 133 Å². The monoisotopic (exact) mass is 492 g/mol. The average molecular weight is 493 g/mol. The number of halogens is 1. The van der Waals surface area contributed by atoms with E-state index in [0.717, 1.165) is 12.8 Å². The minimum Gasteiger partial charge on any atom is -0.472 e. The number of amides is 1. The highest BCUT2D eigenvalue weighted by Crippen LogP contribution is 2.40. The van der Waals surface area contributed by atoms with Gasteiger partial charge in [-0.05, 0) is 38.8 Å². The van der Waals surface area contributed by atoms with E-state index in [4.69, 9.17) is 19.5 Å². The first-order chi connectivity index (χ1) is 17.3. The predicted molar refractivity (Wildman–Crippen MR) is 124 cm³/mol. The van der Waals surface area contributed by atoms with Crippen LogP contribution in [0.2, 0.25) is 0 Å². The van der Waals surface area contributed by atoms with Crippen LogP contribution in [-0.4, -0.2) is 59.0 Å². The van der Waals surface area contributed by atoms with E-state index in [2.05, 4.69) is 21.4 Å². The maximum Gasteiger partial charge on any atom is 0.410 e. The van der Waals surface area contributed by atoms with Gasteiger partial charge in [-0.3, -0.25) is 0 Å². The van der Waals surface area contributed by atoms with Crippen molar-refractivity contribution in [3.63, 3.8) is 0 Å². The van der Waals surface area contributed by atoms with Gasteiger partial charge in [-0.25, -0.2) is 19.2 Å². The van der Waals surface area contributed by atoms with Crippen LogP contribution in [0.4, 0.5) is 20.7 Å². The van der Waals surface area contributed by atoms with E-state index in [1.54, 1.807) is 4.90 Å². The predicted octanol–water partition coefficient (Wildman–Crippen LogP) is 3.43. The molecule has 0 spiro atoms. The zero-order chi connectivity index (χ0) is 25.4. The molecular formula is C25H25FN6O4. The summed E-state index contributed by atoms with van der Waals surface area (Å²) in [4.78, 5) is 22.6. The Labute approximate surface area is 207 Å². The third kappa shape index (κ3) is 4.50.